The molecule has 0 aromatic carbocycles. The van der Waals surface area contributed by atoms with Crippen LogP contribution in [0.1, 0.15) is 25.7 Å². The second kappa shape index (κ2) is 5.93. The maximum atomic E-state index is 12.0. The van der Waals surface area contributed by atoms with E-state index in [4.69, 9.17) is 0 Å². The van der Waals surface area contributed by atoms with Gasteiger partial charge in [-0.2, -0.15) is 0 Å². The molecule has 0 aromatic rings. The van der Waals surface area contributed by atoms with E-state index in [1.807, 2.05) is 4.31 Å². The van der Waals surface area contributed by atoms with Gasteiger partial charge in [-0.05, 0) is 25.7 Å². The van der Waals surface area contributed by atoms with Crippen LogP contribution in [0.5, 0.6) is 0 Å². The SMILES string of the molecule is O=C(NC1CCN(S)CC1)N1CCC(O)CC1. The van der Waals surface area contributed by atoms with E-state index in [0.717, 1.165) is 25.9 Å². The van der Waals surface area contributed by atoms with Gasteiger partial charge in [-0.3, -0.25) is 4.31 Å². The van der Waals surface area contributed by atoms with Crippen molar-refractivity contribution in [3.05, 3.63) is 0 Å². The van der Waals surface area contributed by atoms with Gasteiger partial charge in [-0.1, -0.05) is 12.8 Å². The summed E-state index contributed by atoms with van der Waals surface area (Å²) in [5, 5.41) is 12.5. The monoisotopic (exact) mass is 259 g/mol. The molecule has 2 saturated heterocycles. The highest BCUT2D eigenvalue weighted by atomic mass is 32.1. The van der Waals surface area contributed by atoms with E-state index in [1.54, 1.807) is 4.90 Å². The van der Waals surface area contributed by atoms with Crippen molar-refractivity contribution in [2.45, 2.75) is 37.8 Å². The number of piperidine rings is 2. The molecule has 0 radical (unpaired) electrons. The first-order chi connectivity index (χ1) is 8.15. The van der Waals surface area contributed by atoms with Crippen LogP contribution in [0.4, 0.5) is 4.79 Å². The molecule has 0 unspecified atom stereocenters. The van der Waals surface area contributed by atoms with Gasteiger partial charge >= 0.3 is 6.03 Å². The fraction of sp³-hybridized carbons (Fsp3) is 0.909. The van der Waals surface area contributed by atoms with Crippen molar-refractivity contribution in [1.82, 2.24) is 14.5 Å². The fourth-order valence-electron chi connectivity index (χ4n) is 2.35. The van der Waals surface area contributed by atoms with E-state index in [9.17, 15) is 9.90 Å². The van der Waals surface area contributed by atoms with Crippen molar-refractivity contribution >= 4 is 18.8 Å². The number of likely N-dealkylation sites (tertiary alicyclic amines) is 1. The lowest BCUT2D eigenvalue weighted by Gasteiger charge is -2.33. The van der Waals surface area contributed by atoms with E-state index in [0.29, 0.717) is 25.9 Å². The van der Waals surface area contributed by atoms with Gasteiger partial charge in [0.05, 0.1) is 6.10 Å². The van der Waals surface area contributed by atoms with Crippen LogP contribution < -0.4 is 5.32 Å². The molecule has 98 valence electrons. The number of urea groups is 1. The molecule has 2 rings (SSSR count). The Morgan fingerprint density at radius 3 is 2.29 bits per heavy atom. The topological polar surface area (TPSA) is 55.8 Å². The number of nitrogens with zero attached hydrogens (tertiary/aromatic N) is 2. The zero-order valence-corrected chi connectivity index (χ0v) is 10.9. The molecular formula is C11H21N3O2S. The molecule has 2 amide bonds. The van der Waals surface area contributed by atoms with Gasteiger partial charge in [0.1, 0.15) is 0 Å². The summed E-state index contributed by atoms with van der Waals surface area (Å²) in [6, 6.07) is 0.298. The average molecular weight is 259 g/mol. The molecule has 2 aliphatic rings. The van der Waals surface area contributed by atoms with Crippen molar-refractivity contribution in [1.29, 1.82) is 0 Å². The maximum absolute atomic E-state index is 12.0. The maximum Gasteiger partial charge on any atom is 0.317 e. The van der Waals surface area contributed by atoms with Crippen molar-refractivity contribution in [3.8, 4) is 0 Å². The summed E-state index contributed by atoms with van der Waals surface area (Å²) in [5.41, 5.74) is 0. The number of carbonyl (C=O) groups excluding carboxylic acids is 1. The largest absolute Gasteiger partial charge is 0.393 e. The third-order valence-electron chi connectivity index (χ3n) is 3.55. The predicted molar refractivity (Wildman–Crippen MR) is 68.9 cm³/mol. The van der Waals surface area contributed by atoms with Crippen LogP contribution >= 0.6 is 12.8 Å². The summed E-state index contributed by atoms with van der Waals surface area (Å²) in [6.07, 6.45) is 3.09. The van der Waals surface area contributed by atoms with Gasteiger partial charge in [0.25, 0.3) is 0 Å². The number of rotatable bonds is 1. The van der Waals surface area contributed by atoms with Gasteiger partial charge < -0.3 is 15.3 Å². The summed E-state index contributed by atoms with van der Waals surface area (Å²) in [4.78, 5) is 13.8. The summed E-state index contributed by atoms with van der Waals surface area (Å²) in [5.74, 6) is 0. The number of nitrogens with one attached hydrogen (secondary N) is 1. The van der Waals surface area contributed by atoms with Gasteiger partial charge in [0, 0.05) is 32.2 Å². The molecule has 0 saturated carbocycles. The number of hydrogen-bond acceptors (Lipinski definition) is 4. The fourth-order valence-corrected chi connectivity index (χ4v) is 2.58. The quantitative estimate of drug-likeness (QED) is 0.600. The molecule has 6 heteroatoms. The molecule has 17 heavy (non-hydrogen) atoms. The van der Waals surface area contributed by atoms with Crippen LogP contribution in [0.2, 0.25) is 0 Å². The first kappa shape index (κ1) is 13.0. The molecule has 0 aliphatic carbocycles. The lowest BCUT2D eigenvalue weighted by molar-refractivity contribution is 0.0922. The van der Waals surface area contributed by atoms with Crippen molar-refractivity contribution in [3.63, 3.8) is 0 Å². The number of hydrogen-bond donors (Lipinski definition) is 3. The highest BCUT2D eigenvalue weighted by molar-refractivity contribution is 7.77. The van der Waals surface area contributed by atoms with Gasteiger partial charge in [0.2, 0.25) is 0 Å². The molecule has 2 fully saturated rings. The second-order valence-corrected chi connectivity index (χ2v) is 5.46. The summed E-state index contributed by atoms with van der Waals surface area (Å²) in [7, 11) is 0. The lowest BCUT2D eigenvalue weighted by atomic mass is 10.1. The van der Waals surface area contributed by atoms with Gasteiger partial charge in [-0.25, -0.2) is 4.79 Å². The van der Waals surface area contributed by atoms with Crippen LogP contribution in [0, 0.1) is 0 Å². The number of carbonyl (C=O) groups is 1. The first-order valence-electron chi connectivity index (χ1n) is 6.32. The minimum absolute atomic E-state index is 0.0227. The Morgan fingerprint density at radius 2 is 1.71 bits per heavy atom. The van der Waals surface area contributed by atoms with Crippen LogP contribution in [-0.2, 0) is 0 Å². The van der Waals surface area contributed by atoms with Crippen LogP contribution in [0.25, 0.3) is 0 Å². The molecule has 0 aromatic heterocycles. The number of amides is 2. The Kier molecular flexibility index (Phi) is 4.53. The zero-order valence-electron chi connectivity index (χ0n) is 10.0. The van der Waals surface area contributed by atoms with E-state index >= 15 is 0 Å². The predicted octanol–water partition coefficient (Wildman–Crippen LogP) is 0.462. The molecular weight excluding hydrogens is 238 g/mol. The number of aliphatic hydroxyl groups is 1. The Labute approximate surface area is 108 Å². The normalized spacial score (nSPS) is 24.9. The summed E-state index contributed by atoms with van der Waals surface area (Å²) >= 11 is 4.29. The second-order valence-electron chi connectivity index (χ2n) is 4.90. The van der Waals surface area contributed by atoms with Crippen LogP contribution in [-0.4, -0.2) is 58.7 Å². The average Bonchev–Trinajstić information content (AvgIpc) is 2.33. The van der Waals surface area contributed by atoms with Crippen molar-refractivity contribution in [2.24, 2.45) is 0 Å². The highest BCUT2D eigenvalue weighted by Gasteiger charge is 2.24. The van der Waals surface area contributed by atoms with E-state index in [2.05, 4.69) is 18.1 Å². The van der Waals surface area contributed by atoms with Crippen molar-refractivity contribution < 1.29 is 9.90 Å². The van der Waals surface area contributed by atoms with Gasteiger partial charge in [0.15, 0.2) is 0 Å². The highest BCUT2D eigenvalue weighted by Crippen LogP contribution is 2.14. The molecule has 2 heterocycles. The molecule has 0 bridgehead atoms. The molecule has 0 spiro atoms. The number of thiol groups is 1. The minimum Gasteiger partial charge on any atom is -0.393 e. The van der Waals surface area contributed by atoms with Crippen molar-refractivity contribution in [2.75, 3.05) is 26.2 Å². The Bertz CT molecular complexity index is 261. The van der Waals surface area contributed by atoms with E-state index in [-0.39, 0.29) is 18.2 Å². The molecule has 2 N–H and O–H groups in total. The summed E-state index contributed by atoms with van der Waals surface area (Å²) < 4.78 is 1.99. The Morgan fingerprint density at radius 1 is 1.12 bits per heavy atom. The summed E-state index contributed by atoms with van der Waals surface area (Å²) in [6.45, 7) is 3.18. The number of aliphatic hydroxyl groups excluding tert-OH is 1. The Hall–Kier alpha value is -0.460. The van der Waals surface area contributed by atoms with E-state index in [1.165, 1.54) is 0 Å². The standard InChI is InChI=1S/C11H21N3O2S/c15-10-3-5-13(6-4-10)11(16)12-9-1-7-14(17)8-2-9/h9-10,15,17H,1-8H2,(H,12,16). The lowest BCUT2D eigenvalue weighted by Crippen LogP contribution is -2.50. The third-order valence-corrected chi connectivity index (χ3v) is 3.95. The minimum atomic E-state index is -0.230. The molecule has 5 nitrogen and oxygen atoms in total. The molecule has 2 aliphatic heterocycles. The van der Waals surface area contributed by atoms with Gasteiger partial charge in [-0.15, -0.1) is 0 Å². The third kappa shape index (κ3) is 3.76. The molecule has 0 atom stereocenters. The first-order valence-corrected chi connectivity index (χ1v) is 6.72. The smallest absolute Gasteiger partial charge is 0.317 e. The van der Waals surface area contributed by atoms with Crippen LogP contribution in [0.3, 0.4) is 0 Å². The van der Waals surface area contributed by atoms with E-state index < -0.39 is 0 Å². The van der Waals surface area contributed by atoms with Crippen LogP contribution in [0.15, 0.2) is 0 Å². The zero-order chi connectivity index (χ0) is 12.3. The Balaban J connectivity index is 1.73.